The van der Waals surface area contributed by atoms with Gasteiger partial charge in [0.05, 0.1) is 12.9 Å². The monoisotopic (exact) mass is 261 g/mol. The number of ether oxygens (including phenoxy) is 2. The van der Waals surface area contributed by atoms with Gasteiger partial charge in [-0.1, -0.05) is 24.8 Å². The molecule has 1 atom stereocenters. The van der Waals surface area contributed by atoms with Crippen LogP contribution in [0.5, 0.6) is 5.75 Å². The van der Waals surface area contributed by atoms with Crippen LogP contribution in [0.3, 0.4) is 0 Å². The fourth-order valence-corrected chi connectivity index (χ4v) is 2.50. The van der Waals surface area contributed by atoms with Crippen molar-refractivity contribution >= 4 is 0 Å². The van der Waals surface area contributed by atoms with Gasteiger partial charge in [0.25, 0.3) is 0 Å². The molecule has 0 radical (unpaired) electrons. The first-order chi connectivity index (χ1) is 9.12. The largest absolute Gasteiger partial charge is 0.502 e. The Hall–Kier alpha value is -1.48. The van der Waals surface area contributed by atoms with Gasteiger partial charge in [-0.05, 0) is 32.9 Å². The van der Waals surface area contributed by atoms with Gasteiger partial charge < -0.3 is 14.8 Å². The molecule has 1 aliphatic heterocycles. The van der Waals surface area contributed by atoms with E-state index in [0.717, 1.165) is 25.1 Å². The van der Waals surface area contributed by atoms with Crippen molar-refractivity contribution in [2.45, 2.75) is 38.3 Å². The maximum Gasteiger partial charge on any atom is 0.124 e. The minimum atomic E-state index is -0.121. The van der Waals surface area contributed by atoms with Gasteiger partial charge in [-0.3, -0.25) is 0 Å². The minimum absolute atomic E-state index is 0.121. The standard InChI is InChI=1S/C16H23NO2/c1-4-18-11-7-10-17-14-12-16(2,3)19-15-9-6-5-8-13(14)15/h4-6,8-9,14,17H,1,7,10-12H2,2-3H3. The molecule has 1 heterocycles. The van der Waals surface area contributed by atoms with Crippen LogP contribution < -0.4 is 10.1 Å². The number of para-hydroxylation sites is 1. The predicted molar refractivity (Wildman–Crippen MR) is 77.3 cm³/mol. The van der Waals surface area contributed by atoms with Crippen LogP contribution in [0.1, 0.15) is 38.3 Å². The number of rotatable bonds is 6. The first kappa shape index (κ1) is 13.9. The second kappa shape index (κ2) is 6.11. The number of hydrogen-bond acceptors (Lipinski definition) is 3. The van der Waals surface area contributed by atoms with Crippen molar-refractivity contribution in [2.75, 3.05) is 13.2 Å². The van der Waals surface area contributed by atoms with Gasteiger partial charge in [0.2, 0.25) is 0 Å². The lowest BCUT2D eigenvalue weighted by Crippen LogP contribution is -2.39. The van der Waals surface area contributed by atoms with Crippen molar-refractivity contribution in [2.24, 2.45) is 0 Å². The molecule has 0 saturated carbocycles. The summed E-state index contributed by atoms with van der Waals surface area (Å²) in [7, 11) is 0. The zero-order chi connectivity index (χ0) is 13.7. The van der Waals surface area contributed by atoms with Gasteiger partial charge in [-0.25, -0.2) is 0 Å². The van der Waals surface area contributed by atoms with E-state index in [0.29, 0.717) is 12.6 Å². The molecule has 1 unspecified atom stereocenters. The highest BCUT2D eigenvalue weighted by molar-refractivity contribution is 5.38. The molecule has 104 valence electrons. The lowest BCUT2D eigenvalue weighted by atomic mass is 9.89. The summed E-state index contributed by atoms with van der Waals surface area (Å²) in [5.41, 5.74) is 1.13. The van der Waals surface area contributed by atoms with Crippen LogP contribution in [0.15, 0.2) is 37.1 Å². The van der Waals surface area contributed by atoms with Crippen LogP contribution in [-0.4, -0.2) is 18.8 Å². The number of nitrogens with one attached hydrogen (secondary N) is 1. The van der Waals surface area contributed by atoms with Crippen LogP contribution in [0.4, 0.5) is 0 Å². The maximum absolute atomic E-state index is 6.02. The van der Waals surface area contributed by atoms with E-state index in [9.17, 15) is 0 Å². The molecule has 0 amide bonds. The van der Waals surface area contributed by atoms with Crippen molar-refractivity contribution in [3.8, 4) is 5.75 Å². The quantitative estimate of drug-likeness (QED) is 0.628. The smallest absolute Gasteiger partial charge is 0.124 e. The highest BCUT2D eigenvalue weighted by Crippen LogP contribution is 2.38. The molecule has 1 N–H and O–H groups in total. The average Bonchev–Trinajstić information content (AvgIpc) is 2.37. The summed E-state index contributed by atoms with van der Waals surface area (Å²) >= 11 is 0. The molecular weight excluding hydrogens is 238 g/mol. The Morgan fingerprint density at radius 2 is 2.26 bits per heavy atom. The summed E-state index contributed by atoms with van der Waals surface area (Å²) in [5, 5.41) is 3.60. The summed E-state index contributed by atoms with van der Waals surface area (Å²) < 4.78 is 11.1. The molecule has 0 saturated heterocycles. The second-order valence-electron chi connectivity index (χ2n) is 5.50. The summed E-state index contributed by atoms with van der Waals surface area (Å²) in [6, 6.07) is 8.63. The normalized spacial score (nSPS) is 20.2. The van der Waals surface area contributed by atoms with Gasteiger partial charge in [-0.15, -0.1) is 0 Å². The van der Waals surface area contributed by atoms with Crippen LogP contribution in [0.2, 0.25) is 0 Å². The third kappa shape index (κ3) is 3.74. The summed E-state index contributed by atoms with van der Waals surface area (Å²) in [5.74, 6) is 0.999. The molecule has 2 rings (SSSR count). The third-order valence-corrected chi connectivity index (χ3v) is 3.32. The first-order valence-electron chi connectivity index (χ1n) is 6.86. The molecule has 19 heavy (non-hydrogen) atoms. The number of fused-ring (bicyclic) bond motifs is 1. The fourth-order valence-electron chi connectivity index (χ4n) is 2.50. The van der Waals surface area contributed by atoms with E-state index in [1.54, 1.807) is 0 Å². The minimum Gasteiger partial charge on any atom is -0.502 e. The van der Waals surface area contributed by atoms with E-state index in [1.165, 1.54) is 11.8 Å². The van der Waals surface area contributed by atoms with E-state index in [1.807, 2.05) is 12.1 Å². The van der Waals surface area contributed by atoms with Crippen molar-refractivity contribution in [3.05, 3.63) is 42.7 Å². The van der Waals surface area contributed by atoms with E-state index in [-0.39, 0.29) is 5.60 Å². The highest BCUT2D eigenvalue weighted by atomic mass is 16.5. The zero-order valence-corrected chi connectivity index (χ0v) is 11.8. The molecule has 0 aromatic heterocycles. The summed E-state index contributed by atoms with van der Waals surface area (Å²) in [4.78, 5) is 0. The van der Waals surface area contributed by atoms with Gasteiger partial charge in [0, 0.05) is 18.0 Å². The Labute approximate surface area is 115 Å². The van der Waals surface area contributed by atoms with Crippen molar-refractivity contribution in [1.82, 2.24) is 5.32 Å². The fraction of sp³-hybridized carbons (Fsp3) is 0.500. The zero-order valence-electron chi connectivity index (χ0n) is 11.8. The van der Waals surface area contributed by atoms with Gasteiger partial charge in [0.1, 0.15) is 11.4 Å². The highest BCUT2D eigenvalue weighted by Gasteiger charge is 2.32. The molecule has 1 aliphatic rings. The molecular formula is C16H23NO2. The number of benzene rings is 1. The average molecular weight is 261 g/mol. The topological polar surface area (TPSA) is 30.5 Å². The Morgan fingerprint density at radius 1 is 1.47 bits per heavy atom. The molecule has 0 fully saturated rings. The third-order valence-electron chi connectivity index (χ3n) is 3.32. The maximum atomic E-state index is 6.02. The molecule has 0 bridgehead atoms. The lowest BCUT2D eigenvalue weighted by Gasteiger charge is -2.38. The summed E-state index contributed by atoms with van der Waals surface area (Å²) in [6.07, 6.45) is 3.45. The van der Waals surface area contributed by atoms with E-state index in [4.69, 9.17) is 9.47 Å². The van der Waals surface area contributed by atoms with Crippen LogP contribution in [0.25, 0.3) is 0 Å². The number of hydrogen-bond donors (Lipinski definition) is 1. The summed E-state index contributed by atoms with van der Waals surface area (Å²) in [6.45, 7) is 9.46. The molecule has 3 heteroatoms. The van der Waals surface area contributed by atoms with E-state index in [2.05, 4.69) is 37.9 Å². The van der Waals surface area contributed by atoms with Gasteiger partial charge >= 0.3 is 0 Å². The lowest BCUT2D eigenvalue weighted by molar-refractivity contribution is 0.0657. The molecule has 1 aromatic carbocycles. The molecule has 0 aliphatic carbocycles. The van der Waals surface area contributed by atoms with Crippen LogP contribution in [0, 0.1) is 0 Å². The van der Waals surface area contributed by atoms with E-state index >= 15 is 0 Å². The Balaban J connectivity index is 1.97. The van der Waals surface area contributed by atoms with Gasteiger partial charge in [0.15, 0.2) is 0 Å². The van der Waals surface area contributed by atoms with Crippen LogP contribution >= 0.6 is 0 Å². The molecule has 1 aromatic rings. The predicted octanol–water partition coefficient (Wildman–Crippen LogP) is 3.43. The first-order valence-corrected chi connectivity index (χ1v) is 6.86. The molecule has 3 nitrogen and oxygen atoms in total. The molecule has 0 spiro atoms. The second-order valence-corrected chi connectivity index (χ2v) is 5.50. The van der Waals surface area contributed by atoms with Crippen molar-refractivity contribution < 1.29 is 9.47 Å². The van der Waals surface area contributed by atoms with Gasteiger partial charge in [-0.2, -0.15) is 0 Å². The van der Waals surface area contributed by atoms with Crippen molar-refractivity contribution in [3.63, 3.8) is 0 Å². The Morgan fingerprint density at radius 3 is 3.05 bits per heavy atom. The Bertz CT molecular complexity index is 429. The Kier molecular flexibility index (Phi) is 4.48. The van der Waals surface area contributed by atoms with Crippen LogP contribution in [-0.2, 0) is 4.74 Å². The van der Waals surface area contributed by atoms with Crippen molar-refractivity contribution in [1.29, 1.82) is 0 Å². The van der Waals surface area contributed by atoms with E-state index < -0.39 is 0 Å². The SMILES string of the molecule is C=COCCCNC1CC(C)(C)Oc2ccccc21.